The number of hydrogen-bond acceptors (Lipinski definition) is 4. The van der Waals surface area contributed by atoms with Gasteiger partial charge in [-0.05, 0) is 31.5 Å². The Hall–Kier alpha value is -2.41. The first-order chi connectivity index (χ1) is 10.5. The number of rotatable bonds is 3. The molecule has 2 heterocycles. The number of aryl methyl sites for hydroxylation is 1. The standard InChI is InChI=1S/C14H12ClFN4O2/c1-3-22-14-17-12-8(13(21)18-14)6-20(19-12)11-9(15)4-7(2)5-10(11)16/h4-6H,3H2,1-2H3,(H,17,18,19,21). The lowest BCUT2D eigenvalue weighted by Gasteiger charge is -2.06. The van der Waals surface area contributed by atoms with Crippen LogP contribution in [0.4, 0.5) is 4.39 Å². The van der Waals surface area contributed by atoms with Crippen LogP contribution in [0, 0.1) is 12.7 Å². The van der Waals surface area contributed by atoms with Gasteiger partial charge in [-0.25, -0.2) is 9.07 Å². The number of nitrogens with one attached hydrogen (secondary N) is 1. The van der Waals surface area contributed by atoms with Gasteiger partial charge in [0.25, 0.3) is 11.6 Å². The van der Waals surface area contributed by atoms with Gasteiger partial charge in [0.2, 0.25) is 0 Å². The van der Waals surface area contributed by atoms with Crippen LogP contribution in [0.25, 0.3) is 16.7 Å². The molecule has 1 aromatic carbocycles. The molecule has 3 rings (SSSR count). The average molecular weight is 323 g/mol. The third-order valence-electron chi connectivity index (χ3n) is 3.04. The molecule has 6 nitrogen and oxygen atoms in total. The van der Waals surface area contributed by atoms with Crippen LogP contribution >= 0.6 is 11.6 Å². The first-order valence-electron chi connectivity index (χ1n) is 6.58. The Bertz CT molecular complexity index is 896. The van der Waals surface area contributed by atoms with Crippen LogP contribution < -0.4 is 10.3 Å². The number of hydrogen-bond donors (Lipinski definition) is 1. The zero-order valence-electron chi connectivity index (χ0n) is 11.9. The highest BCUT2D eigenvalue weighted by molar-refractivity contribution is 6.32. The molecule has 0 aliphatic carbocycles. The van der Waals surface area contributed by atoms with Crippen LogP contribution in [0.15, 0.2) is 23.1 Å². The van der Waals surface area contributed by atoms with E-state index in [-0.39, 0.29) is 27.8 Å². The summed E-state index contributed by atoms with van der Waals surface area (Å²) in [5.41, 5.74) is 0.506. The number of halogens is 2. The summed E-state index contributed by atoms with van der Waals surface area (Å²) in [6.07, 6.45) is 1.39. The molecule has 0 unspecified atom stereocenters. The number of benzene rings is 1. The first kappa shape index (κ1) is 14.5. The minimum absolute atomic E-state index is 0.0701. The molecule has 0 spiro atoms. The quantitative estimate of drug-likeness (QED) is 0.804. The van der Waals surface area contributed by atoms with Gasteiger partial charge < -0.3 is 4.74 Å². The summed E-state index contributed by atoms with van der Waals surface area (Å²) in [6.45, 7) is 3.86. The number of aromatic amines is 1. The number of nitrogens with zero attached hydrogens (tertiary/aromatic N) is 3. The highest BCUT2D eigenvalue weighted by Crippen LogP contribution is 2.25. The summed E-state index contributed by atoms with van der Waals surface area (Å²) in [7, 11) is 0. The molecule has 0 atom stereocenters. The van der Waals surface area contributed by atoms with E-state index in [1.54, 1.807) is 19.9 Å². The molecule has 0 saturated carbocycles. The van der Waals surface area contributed by atoms with Crippen molar-refractivity contribution < 1.29 is 9.13 Å². The first-order valence-corrected chi connectivity index (χ1v) is 6.96. The Morgan fingerprint density at radius 1 is 1.45 bits per heavy atom. The van der Waals surface area contributed by atoms with Gasteiger partial charge in [0.1, 0.15) is 11.1 Å². The molecule has 8 heteroatoms. The Labute approximate surface area is 129 Å². The minimum atomic E-state index is -0.528. The van der Waals surface area contributed by atoms with Crippen molar-refractivity contribution in [2.75, 3.05) is 6.61 Å². The summed E-state index contributed by atoms with van der Waals surface area (Å²) in [5, 5.41) is 4.54. The van der Waals surface area contributed by atoms with Crippen molar-refractivity contribution in [3.05, 3.63) is 45.1 Å². The number of ether oxygens (including phenoxy) is 1. The van der Waals surface area contributed by atoms with Gasteiger partial charge >= 0.3 is 0 Å². The summed E-state index contributed by atoms with van der Waals surface area (Å²) in [4.78, 5) is 18.5. The predicted octanol–water partition coefficient (Wildman–Crippen LogP) is 2.61. The van der Waals surface area contributed by atoms with E-state index in [1.807, 2.05) is 0 Å². The SMILES string of the molecule is CCOc1nc2nn(-c3c(F)cc(C)cc3Cl)cc2c(=O)[nH]1. The molecule has 0 radical (unpaired) electrons. The lowest BCUT2D eigenvalue weighted by Crippen LogP contribution is -2.09. The maximum Gasteiger partial charge on any atom is 0.298 e. The normalized spacial score (nSPS) is 11.1. The molecule has 0 bridgehead atoms. The lowest BCUT2D eigenvalue weighted by molar-refractivity contribution is 0.313. The Kier molecular flexibility index (Phi) is 3.58. The summed E-state index contributed by atoms with van der Waals surface area (Å²) >= 11 is 6.09. The van der Waals surface area contributed by atoms with Crippen molar-refractivity contribution in [2.24, 2.45) is 0 Å². The van der Waals surface area contributed by atoms with Crippen LogP contribution in [-0.2, 0) is 0 Å². The van der Waals surface area contributed by atoms with Gasteiger partial charge in [0, 0.05) is 6.20 Å². The molecule has 0 aliphatic heterocycles. The molecule has 3 aromatic rings. The minimum Gasteiger partial charge on any atom is -0.465 e. The fraction of sp³-hybridized carbons (Fsp3) is 0.214. The zero-order valence-corrected chi connectivity index (χ0v) is 12.6. The van der Waals surface area contributed by atoms with Gasteiger partial charge in [-0.1, -0.05) is 11.6 Å². The predicted molar refractivity (Wildman–Crippen MR) is 80.4 cm³/mol. The van der Waals surface area contributed by atoms with Crippen LogP contribution in [-0.4, -0.2) is 26.4 Å². The second kappa shape index (κ2) is 5.42. The third-order valence-corrected chi connectivity index (χ3v) is 3.33. The fourth-order valence-electron chi connectivity index (χ4n) is 2.13. The summed E-state index contributed by atoms with van der Waals surface area (Å²) < 4.78 is 20.5. The molecule has 2 aromatic heterocycles. The second-order valence-electron chi connectivity index (χ2n) is 4.69. The maximum atomic E-state index is 14.1. The van der Waals surface area contributed by atoms with E-state index in [1.165, 1.54) is 16.9 Å². The van der Waals surface area contributed by atoms with Crippen molar-refractivity contribution in [2.45, 2.75) is 13.8 Å². The van der Waals surface area contributed by atoms with E-state index in [0.29, 0.717) is 12.2 Å². The van der Waals surface area contributed by atoms with E-state index in [0.717, 1.165) is 0 Å². The maximum absolute atomic E-state index is 14.1. The van der Waals surface area contributed by atoms with Gasteiger partial charge in [-0.15, -0.1) is 5.10 Å². The van der Waals surface area contributed by atoms with Crippen LogP contribution in [0.3, 0.4) is 0 Å². The smallest absolute Gasteiger partial charge is 0.298 e. The average Bonchev–Trinajstić information content (AvgIpc) is 2.82. The highest BCUT2D eigenvalue weighted by atomic mass is 35.5. The Morgan fingerprint density at radius 3 is 2.91 bits per heavy atom. The molecule has 0 amide bonds. The molecule has 0 saturated heterocycles. The van der Waals surface area contributed by atoms with Crippen LogP contribution in [0.5, 0.6) is 6.01 Å². The summed E-state index contributed by atoms with van der Waals surface area (Å²) in [5.74, 6) is -0.528. The van der Waals surface area contributed by atoms with Crippen LogP contribution in [0.2, 0.25) is 5.02 Å². The molecular formula is C14H12ClFN4O2. The van der Waals surface area contributed by atoms with E-state index in [4.69, 9.17) is 16.3 Å². The number of H-pyrrole nitrogens is 1. The molecule has 114 valence electrons. The van der Waals surface area contributed by atoms with Gasteiger partial charge in [-0.3, -0.25) is 9.78 Å². The third kappa shape index (κ3) is 2.43. The number of aromatic nitrogens is 4. The Balaban J connectivity index is 2.21. The number of fused-ring (bicyclic) bond motifs is 1. The molecular weight excluding hydrogens is 311 g/mol. The molecule has 0 fully saturated rings. The van der Waals surface area contributed by atoms with Crippen molar-refractivity contribution in [1.82, 2.24) is 19.7 Å². The molecule has 1 N–H and O–H groups in total. The van der Waals surface area contributed by atoms with Crippen molar-refractivity contribution in [1.29, 1.82) is 0 Å². The Morgan fingerprint density at radius 2 is 2.23 bits per heavy atom. The molecule has 0 aliphatic rings. The van der Waals surface area contributed by atoms with Gasteiger partial charge in [-0.2, -0.15) is 4.98 Å². The topological polar surface area (TPSA) is 72.8 Å². The van der Waals surface area contributed by atoms with Gasteiger partial charge in [0.15, 0.2) is 11.5 Å². The van der Waals surface area contributed by atoms with Crippen LogP contribution in [0.1, 0.15) is 12.5 Å². The van der Waals surface area contributed by atoms with E-state index >= 15 is 0 Å². The highest BCUT2D eigenvalue weighted by Gasteiger charge is 2.15. The van der Waals surface area contributed by atoms with Gasteiger partial charge in [0.05, 0.1) is 11.6 Å². The van der Waals surface area contributed by atoms with E-state index < -0.39 is 11.4 Å². The largest absolute Gasteiger partial charge is 0.465 e. The fourth-order valence-corrected chi connectivity index (χ4v) is 2.48. The zero-order chi connectivity index (χ0) is 15.9. The summed E-state index contributed by atoms with van der Waals surface area (Å²) in [6, 6.07) is 3.03. The van der Waals surface area contributed by atoms with Crippen molar-refractivity contribution in [3.63, 3.8) is 0 Å². The van der Waals surface area contributed by atoms with E-state index in [9.17, 15) is 9.18 Å². The molecule has 22 heavy (non-hydrogen) atoms. The second-order valence-corrected chi connectivity index (χ2v) is 5.10. The van der Waals surface area contributed by atoms with Crippen molar-refractivity contribution in [3.8, 4) is 11.7 Å². The lowest BCUT2D eigenvalue weighted by atomic mass is 10.2. The van der Waals surface area contributed by atoms with E-state index in [2.05, 4.69) is 15.1 Å². The monoisotopic (exact) mass is 322 g/mol. The van der Waals surface area contributed by atoms with Crippen molar-refractivity contribution >= 4 is 22.6 Å².